The number of rotatable bonds is 4. The second kappa shape index (κ2) is 6.54. The van der Waals surface area contributed by atoms with Gasteiger partial charge in [-0.3, -0.25) is 0 Å². The van der Waals surface area contributed by atoms with Crippen LogP contribution in [-0.2, 0) is 0 Å². The molecule has 0 atom stereocenters. The van der Waals surface area contributed by atoms with Gasteiger partial charge in [0, 0.05) is 30.9 Å². The SMILES string of the molecule is COc1ccc(C)cc1-n1nnnc1N1CCC(c2cnc[nH]2)CC1. The molecular formula is C17H21N7O. The van der Waals surface area contributed by atoms with E-state index in [2.05, 4.69) is 30.4 Å². The number of hydrogen-bond acceptors (Lipinski definition) is 6. The van der Waals surface area contributed by atoms with Crippen LogP contribution in [-0.4, -0.2) is 50.4 Å². The molecule has 130 valence electrons. The van der Waals surface area contributed by atoms with E-state index in [1.807, 2.05) is 31.3 Å². The second-order valence-electron chi connectivity index (χ2n) is 6.33. The second-order valence-corrected chi connectivity index (χ2v) is 6.33. The van der Waals surface area contributed by atoms with Crippen LogP contribution in [0.15, 0.2) is 30.7 Å². The summed E-state index contributed by atoms with van der Waals surface area (Å²) in [5, 5.41) is 12.4. The van der Waals surface area contributed by atoms with Crippen LogP contribution >= 0.6 is 0 Å². The maximum Gasteiger partial charge on any atom is 0.250 e. The van der Waals surface area contributed by atoms with Crippen molar-refractivity contribution in [3.05, 3.63) is 42.0 Å². The van der Waals surface area contributed by atoms with Gasteiger partial charge in [-0.25, -0.2) is 4.98 Å². The van der Waals surface area contributed by atoms with E-state index in [4.69, 9.17) is 4.74 Å². The zero-order valence-electron chi connectivity index (χ0n) is 14.4. The first-order valence-corrected chi connectivity index (χ1v) is 8.43. The molecule has 0 radical (unpaired) electrons. The van der Waals surface area contributed by atoms with Crippen molar-refractivity contribution in [3.63, 3.8) is 0 Å². The Hall–Kier alpha value is -2.90. The Kier molecular flexibility index (Phi) is 4.09. The Morgan fingerprint density at radius 1 is 1.24 bits per heavy atom. The molecule has 3 heterocycles. The highest BCUT2D eigenvalue weighted by Crippen LogP contribution is 2.31. The number of H-pyrrole nitrogens is 1. The lowest BCUT2D eigenvalue weighted by Gasteiger charge is -2.31. The van der Waals surface area contributed by atoms with E-state index >= 15 is 0 Å². The average Bonchev–Trinajstić information content (AvgIpc) is 3.33. The summed E-state index contributed by atoms with van der Waals surface area (Å²) >= 11 is 0. The number of tetrazole rings is 1. The quantitative estimate of drug-likeness (QED) is 0.783. The molecular weight excluding hydrogens is 318 g/mol. The zero-order chi connectivity index (χ0) is 17.2. The van der Waals surface area contributed by atoms with Gasteiger partial charge in [-0.15, -0.1) is 0 Å². The Bertz CT molecular complexity index is 835. The molecule has 1 aromatic carbocycles. The number of ether oxygens (including phenoxy) is 1. The van der Waals surface area contributed by atoms with Crippen LogP contribution < -0.4 is 9.64 Å². The number of nitrogens with one attached hydrogen (secondary N) is 1. The number of methoxy groups -OCH3 is 1. The van der Waals surface area contributed by atoms with E-state index in [1.165, 1.54) is 5.69 Å². The molecule has 3 aromatic rings. The molecule has 1 saturated heterocycles. The summed E-state index contributed by atoms with van der Waals surface area (Å²) in [5.74, 6) is 2.02. The minimum absolute atomic E-state index is 0.511. The third-order valence-corrected chi connectivity index (χ3v) is 4.75. The maximum atomic E-state index is 5.49. The summed E-state index contributed by atoms with van der Waals surface area (Å²) in [5.41, 5.74) is 3.20. The first-order valence-electron chi connectivity index (χ1n) is 8.43. The smallest absolute Gasteiger partial charge is 0.250 e. The van der Waals surface area contributed by atoms with Crippen LogP contribution in [0.25, 0.3) is 5.69 Å². The van der Waals surface area contributed by atoms with Crippen molar-refractivity contribution >= 4 is 5.95 Å². The first kappa shape index (κ1) is 15.6. The van der Waals surface area contributed by atoms with Gasteiger partial charge in [0.1, 0.15) is 11.4 Å². The van der Waals surface area contributed by atoms with Crippen molar-refractivity contribution in [3.8, 4) is 11.4 Å². The predicted molar refractivity (Wildman–Crippen MR) is 93.2 cm³/mol. The van der Waals surface area contributed by atoms with E-state index in [0.717, 1.165) is 48.9 Å². The molecule has 0 unspecified atom stereocenters. The topological polar surface area (TPSA) is 84.8 Å². The Labute approximate surface area is 145 Å². The van der Waals surface area contributed by atoms with Crippen molar-refractivity contribution in [2.24, 2.45) is 0 Å². The number of hydrogen-bond donors (Lipinski definition) is 1. The minimum atomic E-state index is 0.511. The van der Waals surface area contributed by atoms with E-state index in [0.29, 0.717) is 5.92 Å². The van der Waals surface area contributed by atoms with Crippen molar-refractivity contribution < 1.29 is 4.74 Å². The highest BCUT2D eigenvalue weighted by Gasteiger charge is 2.26. The zero-order valence-corrected chi connectivity index (χ0v) is 14.4. The van der Waals surface area contributed by atoms with Crippen LogP contribution in [0.4, 0.5) is 5.95 Å². The largest absolute Gasteiger partial charge is 0.494 e. The fraction of sp³-hybridized carbons (Fsp3) is 0.412. The number of benzene rings is 1. The van der Waals surface area contributed by atoms with Gasteiger partial charge in [0.25, 0.3) is 0 Å². The predicted octanol–water partition coefficient (Wildman–Crippen LogP) is 2.09. The monoisotopic (exact) mass is 339 g/mol. The molecule has 0 bridgehead atoms. The van der Waals surface area contributed by atoms with Crippen LogP contribution in [0.5, 0.6) is 5.75 Å². The van der Waals surface area contributed by atoms with Crippen LogP contribution in [0, 0.1) is 6.92 Å². The number of aryl methyl sites for hydroxylation is 1. The molecule has 2 aromatic heterocycles. The lowest BCUT2D eigenvalue weighted by atomic mass is 9.94. The number of nitrogens with zero attached hydrogens (tertiary/aromatic N) is 6. The van der Waals surface area contributed by atoms with Gasteiger partial charge in [-0.1, -0.05) is 11.2 Å². The number of imidazole rings is 1. The lowest BCUT2D eigenvalue weighted by Crippen LogP contribution is -2.35. The molecule has 8 nitrogen and oxygen atoms in total. The molecule has 0 saturated carbocycles. The highest BCUT2D eigenvalue weighted by molar-refractivity contribution is 5.52. The van der Waals surface area contributed by atoms with Gasteiger partial charge in [-0.2, -0.15) is 4.68 Å². The molecule has 4 rings (SSSR count). The van der Waals surface area contributed by atoms with Gasteiger partial charge in [0.05, 0.1) is 13.4 Å². The Balaban J connectivity index is 1.58. The molecule has 0 spiro atoms. The van der Waals surface area contributed by atoms with Crippen molar-refractivity contribution in [1.29, 1.82) is 0 Å². The van der Waals surface area contributed by atoms with Gasteiger partial charge >= 0.3 is 0 Å². The van der Waals surface area contributed by atoms with Crippen molar-refractivity contribution in [2.45, 2.75) is 25.7 Å². The van der Waals surface area contributed by atoms with E-state index in [1.54, 1.807) is 18.1 Å². The minimum Gasteiger partial charge on any atom is -0.494 e. The molecule has 1 aliphatic heterocycles. The number of aromatic nitrogens is 6. The molecule has 8 heteroatoms. The van der Waals surface area contributed by atoms with E-state index in [-0.39, 0.29) is 0 Å². The van der Waals surface area contributed by atoms with E-state index in [9.17, 15) is 0 Å². The van der Waals surface area contributed by atoms with Crippen LogP contribution in [0.3, 0.4) is 0 Å². The average molecular weight is 339 g/mol. The third kappa shape index (κ3) is 2.95. The molecule has 0 aliphatic carbocycles. The molecule has 0 amide bonds. The van der Waals surface area contributed by atoms with Gasteiger partial charge in [-0.05, 0) is 47.9 Å². The summed E-state index contributed by atoms with van der Waals surface area (Å²) in [6, 6.07) is 6.00. The van der Waals surface area contributed by atoms with Gasteiger partial charge < -0.3 is 14.6 Å². The summed E-state index contributed by atoms with van der Waals surface area (Å²) in [6.07, 6.45) is 5.74. The summed E-state index contributed by atoms with van der Waals surface area (Å²) in [6.45, 7) is 3.85. The number of aromatic amines is 1. The van der Waals surface area contributed by atoms with Crippen molar-refractivity contribution in [2.75, 3.05) is 25.1 Å². The summed E-state index contributed by atoms with van der Waals surface area (Å²) in [7, 11) is 1.66. The number of anilines is 1. The molecule has 1 aliphatic rings. The standard InChI is InChI=1S/C17H21N7O/c1-12-3-4-16(25-2)15(9-12)24-17(20-21-22-24)23-7-5-13(6-8-23)14-10-18-11-19-14/h3-4,9-11,13H,5-8H2,1-2H3,(H,18,19). The molecule has 1 fully saturated rings. The van der Waals surface area contributed by atoms with Crippen LogP contribution in [0.1, 0.15) is 30.0 Å². The summed E-state index contributed by atoms with van der Waals surface area (Å²) < 4.78 is 7.25. The fourth-order valence-corrected chi connectivity index (χ4v) is 3.38. The van der Waals surface area contributed by atoms with Gasteiger partial charge in [0.15, 0.2) is 0 Å². The normalized spacial score (nSPS) is 15.5. The van der Waals surface area contributed by atoms with Gasteiger partial charge in [0.2, 0.25) is 5.95 Å². The van der Waals surface area contributed by atoms with Crippen LogP contribution in [0.2, 0.25) is 0 Å². The molecule has 25 heavy (non-hydrogen) atoms. The van der Waals surface area contributed by atoms with E-state index < -0.39 is 0 Å². The van der Waals surface area contributed by atoms with Crippen molar-refractivity contribution in [1.82, 2.24) is 30.2 Å². The Morgan fingerprint density at radius 3 is 2.80 bits per heavy atom. The number of piperidine rings is 1. The molecule has 1 N–H and O–H groups in total. The summed E-state index contributed by atoms with van der Waals surface area (Å²) in [4.78, 5) is 9.58. The highest BCUT2D eigenvalue weighted by atomic mass is 16.5. The Morgan fingerprint density at radius 2 is 2.08 bits per heavy atom. The maximum absolute atomic E-state index is 5.49. The lowest BCUT2D eigenvalue weighted by molar-refractivity contribution is 0.411. The first-order chi connectivity index (χ1) is 12.3. The fourth-order valence-electron chi connectivity index (χ4n) is 3.38. The third-order valence-electron chi connectivity index (χ3n) is 4.75.